The molecule has 1 aromatic carbocycles. The highest BCUT2D eigenvalue weighted by molar-refractivity contribution is 7.90. The molecule has 2 heterocycles. The van der Waals surface area contributed by atoms with Crippen molar-refractivity contribution in [1.29, 1.82) is 0 Å². The van der Waals surface area contributed by atoms with Crippen LogP contribution in [-0.2, 0) is 22.8 Å². The Labute approximate surface area is 127 Å². The summed E-state index contributed by atoms with van der Waals surface area (Å²) in [5.41, 5.74) is 1.74. The molecular weight excluding hydrogens is 306 g/mol. The molecule has 1 aliphatic heterocycles. The quantitative estimate of drug-likeness (QED) is 0.853. The minimum Gasteiger partial charge on any atom is -0.334 e. The summed E-state index contributed by atoms with van der Waals surface area (Å²) in [6, 6.07) is 8.21. The molecule has 0 radical (unpaired) electrons. The van der Waals surface area contributed by atoms with Gasteiger partial charge in [0, 0.05) is 29.8 Å². The summed E-state index contributed by atoms with van der Waals surface area (Å²) in [7, 11) is -3.23. The largest absolute Gasteiger partial charge is 0.334 e. The van der Waals surface area contributed by atoms with Crippen LogP contribution in [0.2, 0.25) is 0 Å². The first kappa shape index (κ1) is 14.3. The minimum atomic E-state index is -3.23. The second-order valence-electron chi connectivity index (χ2n) is 5.14. The van der Waals surface area contributed by atoms with Crippen LogP contribution in [0.15, 0.2) is 40.6 Å². The monoisotopic (exact) mass is 321 g/mol. The van der Waals surface area contributed by atoms with Crippen molar-refractivity contribution in [2.24, 2.45) is 0 Å². The van der Waals surface area contributed by atoms with E-state index in [4.69, 9.17) is 0 Å². The van der Waals surface area contributed by atoms with Gasteiger partial charge in [0.2, 0.25) is 0 Å². The third-order valence-corrected chi connectivity index (χ3v) is 5.78. The van der Waals surface area contributed by atoms with Gasteiger partial charge in [-0.1, -0.05) is 0 Å². The molecule has 0 saturated heterocycles. The summed E-state index contributed by atoms with van der Waals surface area (Å²) >= 11 is 1.73. The average Bonchev–Trinajstić information content (AvgIpc) is 2.93. The summed E-state index contributed by atoms with van der Waals surface area (Å²) in [4.78, 5) is 15.9. The molecule has 1 aliphatic rings. The van der Waals surface area contributed by atoms with Crippen molar-refractivity contribution < 1.29 is 13.2 Å². The molecule has 6 heteroatoms. The van der Waals surface area contributed by atoms with E-state index >= 15 is 0 Å². The van der Waals surface area contributed by atoms with Gasteiger partial charge < -0.3 is 4.90 Å². The summed E-state index contributed by atoms with van der Waals surface area (Å²) in [6.45, 7) is 1.34. The van der Waals surface area contributed by atoms with Crippen molar-refractivity contribution in [3.05, 3.63) is 51.7 Å². The number of carbonyl (C=O) groups excluding carboxylic acids is 1. The smallest absolute Gasteiger partial charge is 0.254 e. The highest BCUT2D eigenvalue weighted by Gasteiger charge is 2.22. The molecule has 0 N–H and O–H groups in total. The molecule has 3 rings (SSSR count). The fourth-order valence-corrected chi connectivity index (χ4v) is 3.97. The van der Waals surface area contributed by atoms with Crippen LogP contribution in [-0.4, -0.2) is 32.0 Å². The molecule has 2 aromatic rings. The molecule has 0 spiro atoms. The highest BCUT2D eigenvalue weighted by Crippen LogP contribution is 2.25. The summed E-state index contributed by atoms with van der Waals surface area (Å²) < 4.78 is 22.9. The molecule has 1 amide bonds. The van der Waals surface area contributed by atoms with Crippen LogP contribution in [0.25, 0.3) is 0 Å². The number of hydrogen-bond acceptors (Lipinski definition) is 4. The van der Waals surface area contributed by atoms with Gasteiger partial charge in [-0.3, -0.25) is 4.79 Å². The Bertz CT molecular complexity index is 776. The number of thiophene rings is 1. The van der Waals surface area contributed by atoms with Crippen molar-refractivity contribution >= 4 is 27.1 Å². The van der Waals surface area contributed by atoms with E-state index in [1.165, 1.54) is 22.6 Å². The van der Waals surface area contributed by atoms with Gasteiger partial charge in [0.15, 0.2) is 9.84 Å². The predicted molar refractivity (Wildman–Crippen MR) is 82.3 cm³/mol. The maximum atomic E-state index is 12.5. The third-order valence-electron chi connectivity index (χ3n) is 3.62. The van der Waals surface area contributed by atoms with Crippen molar-refractivity contribution in [1.82, 2.24) is 4.90 Å². The van der Waals surface area contributed by atoms with Crippen LogP contribution in [0, 0.1) is 0 Å². The zero-order valence-electron chi connectivity index (χ0n) is 11.6. The summed E-state index contributed by atoms with van der Waals surface area (Å²) in [5, 5.41) is 2.06. The van der Waals surface area contributed by atoms with Gasteiger partial charge in [-0.15, -0.1) is 11.3 Å². The number of fused-ring (bicyclic) bond motifs is 1. The van der Waals surface area contributed by atoms with Gasteiger partial charge in [-0.2, -0.15) is 0 Å². The lowest BCUT2D eigenvalue weighted by atomic mass is 10.1. The van der Waals surface area contributed by atoms with Crippen LogP contribution in [0.5, 0.6) is 0 Å². The number of carbonyl (C=O) groups is 1. The van der Waals surface area contributed by atoms with E-state index in [2.05, 4.69) is 11.4 Å². The van der Waals surface area contributed by atoms with Crippen LogP contribution >= 0.6 is 11.3 Å². The summed E-state index contributed by atoms with van der Waals surface area (Å²) in [5.74, 6) is -0.0492. The number of rotatable bonds is 2. The maximum Gasteiger partial charge on any atom is 0.254 e. The molecule has 0 unspecified atom stereocenters. The van der Waals surface area contributed by atoms with E-state index in [1.807, 2.05) is 4.90 Å². The van der Waals surface area contributed by atoms with E-state index in [-0.39, 0.29) is 10.8 Å². The molecule has 1 aromatic heterocycles. The van der Waals surface area contributed by atoms with Gasteiger partial charge in [-0.25, -0.2) is 8.42 Å². The molecule has 4 nitrogen and oxygen atoms in total. The van der Waals surface area contributed by atoms with E-state index in [0.29, 0.717) is 18.7 Å². The second-order valence-corrected chi connectivity index (χ2v) is 8.16. The van der Waals surface area contributed by atoms with Crippen molar-refractivity contribution in [3.63, 3.8) is 0 Å². The number of benzene rings is 1. The SMILES string of the molecule is CS(=O)(=O)c1ccc(C(=O)N2CCc3sccc3C2)cc1. The molecule has 0 aliphatic carbocycles. The normalized spacial score (nSPS) is 14.8. The van der Waals surface area contributed by atoms with E-state index in [0.717, 1.165) is 12.7 Å². The maximum absolute atomic E-state index is 12.5. The molecule has 0 bridgehead atoms. The first-order chi connectivity index (χ1) is 9.95. The molecule has 21 heavy (non-hydrogen) atoms. The standard InChI is InChI=1S/C15H15NO3S2/c1-21(18,19)13-4-2-11(3-5-13)15(17)16-8-6-14-12(10-16)7-9-20-14/h2-5,7,9H,6,8,10H2,1H3. The predicted octanol–water partition coefficient (Wildman–Crippen LogP) is 2.35. The van der Waals surface area contributed by atoms with Crippen LogP contribution in [0.1, 0.15) is 20.8 Å². The summed E-state index contributed by atoms with van der Waals surface area (Å²) in [6.07, 6.45) is 2.05. The molecule has 0 saturated carbocycles. The second kappa shape index (κ2) is 5.27. The van der Waals surface area contributed by atoms with Crippen molar-refractivity contribution in [2.45, 2.75) is 17.9 Å². The fraction of sp³-hybridized carbons (Fsp3) is 0.267. The van der Waals surface area contributed by atoms with Crippen molar-refractivity contribution in [2.75, 3.05) is 12.8 Å². The Hall–Kier alpha value is -1.66. The van der Waals surface area contributed by atoms with Gasteiger partial charge in [0.25, 0.3) is 5.91 Å². The Kier molecular flexibility index (Phi) is 3.59. The lowest BCUT2D eigenvalue weighted by Crippen LogP contribution is -2.35. The van der Waals surface area contributed by atoms with Gasteiger partial charge in [0.1, 0.15) is 0 Å². The third kappa shape index (κ3) is 2.87. The number of amides is 1. The minimum absolute atomic E-state index is 0.0492. The van der Waals surface area contributed by atoms with Gasteiger partial charge >= 0.3 is 0 Å². The molecular formula is C15H15NO3S2. The van der Waals surface area contributed by atoms with Crippen molar-refractivity contribution in [3.8, 4) is 0 Å². The van der Waals surface area contributed by atoms with Crippen LogP contribution in [0.3, 0.4) is 0 Å². The van der Waals surface area contributed by atoms with E-state index in [9.17, 15) is 13.2 Å². The highest BCUT2D eigenvalue weighted by atomic mass is 32.2. The van der Waals surface area contributed by atoms with Crippen LogP contribution in [0.4, 0.5) is 0 Å². The lowest BCUT2D eigenvalue weighted by molar-refractivity contribution is 0.0736. The molecule has 0 fully saturated rings. The first-order valence-electron chi connectivity index (χ1n) is 6.60. The zero-order chi connectivity index (χ0) is 15.0. The van der Waals surface area contributed by atoms with Gasteiger partial charge in [0.05, 0.1) is 4.90 Å². The Morgan fingerprint density at radius 2 is 1.90 bits per heavy atom. The Balaban J connectivity index is 1.80. The number of hydrogen-bond donors (Lipinski definition) is 0. The fourth-order valence-electron chi connectivity index (χ4n) is 2.45. The van der Waals surface area contributed by atoms with E-state index in [1.54, 1.807) is 23.5 Å². The zero-order valence-corrected chi connectivity index (χ0v) is 13.2. The van der Waals surface area contributed by atoms with Crippen LogP contribution < -0.4 is 0 Å². The average molecular weight is 321 g/mol. The Morgan fingerprint density at radius 3 is 2.57 bits per heavy atom. The number of sulfone groups is 1. The molecule has 110 valence electrons. The topological polar surface area (TPSA) is 54.5 Å². The lowest BCUT2D eigenvalue weighted by Gasteiger charge is -2.27. The Morgan fingerprint density at radius 1 is 1.19 bits per heavy atom. The first-order valence-corrected chi connectivity index (χ1v) is 9.37. The van der Waals surface area contributed by atoms with E-state index < -0.39 is 9.84 Å². The molecule has 0 atom stereocenters. The number of nitrogens with zero attached hydrogens (tertiary/aromatic N) is 1. The van der Waals surface area contributed by atoms with Gasteiger partial charge in [-0.05, 0) is 47.7 Å².